The molecular weight excluding hydrogens is 211 g/mol. The van der Waals surface area contributed by atoms with Gasteiger partial charge in [0.2, 0.25) is 0 Å². The first kappa shape index (κ1) is 10.6. The summed E-state index contributed by atoms with van der Waals surface area (Å²) in [5.41, 5.74) is 0. The van der Waals surface area contributed by atoms with Gasteiger partial charge in [-0.1, -0.05) is 18.2 Å². The highest BCUT2D eigenvalue weighted by molar-refractivity contribution is 7.53. The van der Waals surface area contributed by atoms with Gasteiger partial charge in [0.1, 0.15) is 5.75 Å². The van der Waals surface area contributed by atoms with Crippen LogP contribution < -0.4 is 4.52 Å². The predicted molar refractivity (Wildman–Crippen MR) is 52.5 cm³/mol. The molecule has 0 saturated carbocycles. The number of rotatable bonds is 4. The summed E-state index contributed by atoms with van der Waals surface area (Å²) in [5, 5.41) is 0. The van der Waals surface area contributed by atoms with Gasteiger partial charge in [-0.05, 0) is 12.1 Å². The molecule has 0 amide bonds. The third-order valence-electron chi connectivity index (χ3n) is 1.36. The lowest BCUT2D eigenvalue weighted by molar-refractivity contribution is 0.381. The Hall–Kier alpha value is -0.500. The van der Waals surface area contributed by atoms with Crippen molar-refractivity contribution in [2.75, 3.05) is 12.0 Å². The number of halogens is 1. The van der Waals surface area contributed by atoms with Crippen LogP contribution in [0.3, 0.4) is 0 Å². The van der Waals surface area contributed by atoms with E-state index in [1.807, 2.05) is 0 Å². The fourth-order valence-corrected chi connectivity index (χ4v) is 2.20. The molecule has 0 aliphatic carbocycles. The largest absolute Gasteiger partial charge is 0.424 e. The van der Waals surface area contributed by atoms with Gasteiger partial charge in [0.25, 0.3) is 0 Å². The zero-order valence-electron chi connectivity index (χ0n) is 6.89. The van der Waals surface area contributed by atoms with E-state index in [0.29, 0.717) is 5.75 Å². The van der Waals surface area contributed by atoms with Crippen molar-refractivity contribution in [3.8, 4) is 5.75 Å². The van der Waals surface area contributed by atoms with Gasteiger partial charge in [-0.3, -0.25) is 0 Å². The molecule has 1 unspecified atom stereocenters. The predicted octanol–water partition coefficient (Wildman–Crippen LogP) is 2.49. The minimum Gasteiger partial charge on any atom is -0.424 e. The highest BCUT2D eigenvalue weighted by atomic mass is 35.5. The monoisotopic (exact) mass is 220 g/mol. The third-order valence-corrected chi connectivity index (χ3v) is 3.10. The molecule has 5 heteroatoms. The fourth-order valence-electron chi connectivity index (χ4n) is 0.799. The van der Waals surface area contributed by atoms with Gasteiger partial charge in [-0.25, -0.2) is 4.57 Å². The molecule has 13 heavy (non-hydrogen) atoms. The quantitative estimate of drug-likeness (QED) is 0.626. The minimum absolute atomic E-state index is 0.0382. The Kier molecular flexibility index (Phi) is 3.79. The van der Waals surface area contributed by atoms with Crippen LogP contribution in [0, 0.1) is 0 Å². The molecule has 0 fully saturated rings. The van der Waals surface area contributed by atoms with E-state index in [9.17, 15) is 9.46 Å². The van der Waals surface area contributed by atoms with Crippen LogP contribution >= 0.6 is 19.2 Å². The van der Waals surface area contributed by atoms with Crippen molar-refractivity contribution in [3.05, 3.63) is 30.3 Å². The normalized spacial score (nSPS) is 14.9. The molecule has 1 aromatic carbocycles. The fraction of sp³-hybridized carbons (Fsp3) is 0.250. The summed E-state index contributed by atoms with van der Waals surface area (Å²) in [7, 11) is -3.55. The standard InChI is InChI=1S/C8H10ClO3P/c9-6-7-13(10,11)12-8-4-2-1-3-5-8/h1-5H,6-7H2,(H,10,11). The van der Waals surface area contributed by atoms with Gasteiger partial charge in [0.15, 0.2) is 0 Å². The van der Waals surface area contributed by atoms with Crippen LogP contribution in [0.25, 0.3) is 0 Å². The van der Waals surface area contributed by atoms with Gasteiger partial charge >= 0.3 is 7.60 Å². The molecule has 0 spiro atoms. The maximum atomic E-state index is 11.2. The van der Waals surface area contributed by atoms with E-state index in [1.54, 1.807) is 30.3 Å². The SMILES string of the molecule is O=P(O)(CCCl)Oc1ccccc1. The molecule has 1 aromatic rings. The van der Waals surface area contributed by atoms with E-state index in [4.69, 9.17) is 16.1 Å². The topological polar surface area (TPSA) is 46.5 Å². The maximum Gasteiger partial charge on any atom is 0.377 e. The molecule has 1 rings (SSSR count). The molecule has 0 aromatic heterocycles. The zero-order chi connectivity index (χ0) is 9.73. The Morgan fingerprint density at radius 3 is 2.54 bits per heavy atom. The maximum absolute atomic E-state index is 11.2. The molecule has 0 aliphatic heterocycles. The van der Waals surface area contributed by atoms with E-state index in [-0.39, 0.29) is 12.0 Å². The molecule has 1 atom stereocenters. The van der Waals surface area contributed by atoms with E-state index < -0.39 is 7.60 Å². The molecular formula is C8H10ClO3P. The summed E-state index contributed by atoms with van der Waals surface area (Å²) in [6.45, 7) is 0. The third kappa shape index (κ3) is 3.81. The molecule has 0 radical (unpaired) electrons. The van der Waals surface area contributed by atoms with Gasteiger partial charge in [0.05, 0.1) is 6.16 Å². The van der Waals surface area contributed by atoms with Gasteiger partial charge in [-0.15, -0.1) is 11.6 Å². The van der Waals surface area contributed by atoms with Crippen molar-refractivity contribution in [1.82, 2.24) is 0 Å². The highest BCUT2D eigenvalue weighted by Gasteiger charge is 2.19. The van der Waals surface area contributed by atoms with E-state index in [2.05, 4.69) is 0 Å². The van der Waals surface area contributed by atoms with Gasteiger partial charge in [0, 0.05) is 5.88 Å². The Balaban J connectivity index is 2.64. The number of para-hydroxylation sites is 1. The Morgan fingerprint density at radius 1 is 1.38 bits per heavy atom. The van der Waals surface area contributed by atoms with Crippen molar-refractivity contribution in [1.29, 1.82) is 0 Å². The van der Waals surface area contributed by atoms with Crippen molar-refractivity contribution < 1.29 is 14.0 Å². The Morgan fingerprint density at radius 2 is 2.00 bits per heavy atom. The lowest BCUT2D eigenvalue weighted by Crippen LogP contribution is -1.97. The van der Waals surface area contributed by atoms with Crippen molar-refractivity contribution >= 4 is 19.2 Å². The molecule has 0 saturated heterocycles. The van der Waals surface area contributed by atoms with Crippen LogP contribution in [-0.4, -0.2) is 16.9 Å². The van der Waals surface area contributed by atoms with E-state index in [0.717, 1.165) is 0 Å². The second-order valence-corrected chi connectivity index (χ2v) is 4.74. The molecule has 72 valence electrons. The van der Waals surface area contributed by atoms with Crippen LogP contribution in [-0.2, 0) is 4.57 Å². The zero-order valence-corrected chi connectivity index (χ0v) is 8.54. The van der Waals surface area contributed by atoms with Crippen LogP contribution in [0.2, 0.25) is 0 Å². The Labute approximate surface area is 81.8 Å². The van der Waals surface area contributed by atoms with Crippen LogP contribution in [0.1, 0.15) is 0 Å². The first-order chi connectivity index (χ1) is 6.14. The highest BCUT2D eigenvalue weighted by Crippen LogP contribution is 2.42. The van der Waals surface area contributed by atoms with Crippen LogP contribution in [0.5, 0.6) is 5.75 Å². The summed E-state index contributed by atoms with van der Waals surface area (Å²) < 4.78 is 16.1. The summed E-state index contributed by atoms with van der Waals surface area (Å²) in [6.07, 6.45) is -0.0382. The number of benzene rings is 1. The molecule has 0 aliphatic rings. The first-order valence-electron chi connectivity index (χ1n) is 3.76. The molecule has 3 nitrogen and oxygen atoms in total. The number of hydrogen-bond acceptors (Lipinski definition) is 2. The minimum atomic E-state index is -3.55. The Bertz CT molecular complexity index is 302. The summed E-state index contributed by atoms with van der Waals surface area (Å²) in [5.74, 6) is 0.499. The van der Waals surface area contributed by atoms with Gasteiger partial charge in [-0.2, -0.15) is 0 Å². The van der Waals surface area contributed by atoms with Crippen LogP contribution in [0.15, 0.2) is 30.3 Å². The van der Waals surface area contributed by atoms with Crippen molar-refractivity contribution in [2.45, 2.75) is 0 Å². The average molecular weight is 221 g/mol. The lowest BCUT2D eigenvalue weighted by atomic mass is 10.3. The van der Waals surface area contributed by atoms with E-state index >= 15 is 0 Å². The first-order valence-corrected chi connectivity index (χ1v) is 6.06. The average Bonchev–Trinajstić information content (AvgIpc) is 2.04. The number of alkyl halides is 1. The van der Waals surface area contributed by atoms with Crippen molar-refractivity contribution in [2.24, 2.45) is 0 Å². The summed E-state index contributed by atoms with van der Waals surface area (Å²) >= 11 is 5.34. The lowest BCUT2D eigenvalue weighted by Gasteiger charge is -2.11. The summed E-state index contributed by atoms with van der Waals surface area (Å²) in [4.78, 5) is 9.22. The van der Waals surface area contributed by atoms with Gasteiger partial charge < -0.3 is 9.42 Å². The van der Waals surface area contributed by atoms with E-state index in [1.165, 1.54) is 0 Å². The second kappa shape index (κ2) is 4.66. The second-order valence-electron chi connectivity index (χ2n) is 2.45. The van der Waals surface area contributed by atoms with Crippen LogP contribution in [0.4, 0.5) is 0 Å². The molecule has 1 N–H and O–H groups in total. The molecule has 0 bridgehead atoms. The molecule has 0 heterocycles. The van der Waals surface area contributed by atoms with Crippen molar-refractivity contribution in [3.63, 3.8) is 0 Å². The number of hydrogen-bond donors (Lipinski definition) is 1. The smallest absolute Gasteiger partial charge is 0.377 e. The summed E-state index contributed by atoms with van der Waals surface area (Å²) in [6, 6.07) is 8.51.